The molecular weight excluding hydrogens is 347 g/mol. The second-order valence-electron chi connectivity index (χ2n) is 6.50. The van der Waals surface area contributed by atoms with Crippen LogP contribution >= 0.6 is 0 Å². The number of aromatic nitrogens is 2. The number of hydrogen-bond donors (Lipinski definition) is 1. The number of piperidine rings is 1. The van der Waals surface area contributed by atoms with E-state index in [0.29, 0.717) is 17.8 Å². The Bertz CT molecular complexity index is 848. The van der Waals surface area contributed by atoms with E-state index in [0.717, 1.165) is 11.3 Å². The fourth-order valence-corrected chi connectivity index (χ4v) is 3.17. The van der Waals surface area contributed by atoms with Crippen molar-refractivity contribution in [2.24, 2.45) is 5.92 Å². The number of Topliss-reactive ketones (excluding diaryl/α,β-unsaturated/α-hetero) is 1. The summed E-state index contributed by atoms with van der Waals surface area (Å²) in [6.07, 6.45) is 0.562. The van der Waals surface area contributed by atoms with Gasteiger partial charge in [0, 0.05) is 42.4 Å². The zero-order valence-corrected chi connectivity index (χ0v) is 14.4. The van der Waals surface area contributed by atoms with Crippen LogP contribution in [0.25, 0.3) is 0 Å². The summed E-state index contributed by atoms with van der Waals surface area (Å²) < 4.78 is 40.6. The molecule has 1 N–H and O–H groups in total. The largest absolute Gasteiger partial charge is 0.337 e. The van der Waals surface area contributed by atoms with Gasteiger partial charge in [-0.25, -0.2) is 13.2 Å². The summed E-state index contributed by atoms with van der Waals surface area (Å²) >= 11 is 0. The maximum Gasteiger partial charge on any atom is 0.274 e. The summed E-state index contributed by atoms with van der Waals surface area (Å²) in [5.41, 5.74) is 1.20. The third kappa shape index (κ3) is 3.23. The average Bonchev–Trinajstić information content (AvgIpc) is 2.92. The van der Waals surface area contributed by atoms with Gasteiger partial charge in [0.25, 0.3) is 5.91 Å². The number of aryl methyl sites for hydroxylation is 1. The molecule has 3 rings (SSSR count). The van der Waals surface area contributed by atoms with Crippen molar-refractivity contribution >= 4 is 11.7 Å². The number of hydrogen-bond acceptors (Lipinski definition) is 3. The number of H-pyrrole nitrogens is 1. The molecule has 5 nitrogen and oxygen atoms in total. The number of likely N-dealkylation sites (tertiary alicyclic amines) is 1. The molecule has 0 radical (unpaired) electrons. The van der Waals surface area contributed by atoms with E-state index in [4.69, 9.17) is 0 Å². The average molecular weight is 365 g/mol. The monoisotopic (exact) mass is 365 g/mol. The number of benzene rings is 1. The molecule has 1 aliphatic rings. The molecule has 0 unspecified atom stereocenters. The first-order chi connectivity index (χ1) is 12.3. The van der Waals surface area contributed by atoms with Crippen LogP contribution in [0.2, 0.25) is 0 Å². The molecule has 1 saturated heterocycles. The number of rotatable bonds is 3. The van der Waals surface area contributed by atoms with Gasteiger partial charge in [-0.1, -0.05) is 0 Å². The molecule has 138 valence electrons. The summed E-state index contributed by atoms with van der Waals surface area (Å²) in [7, 11) is 0. The first kappa shape index (κ1) is 18.2. The number of carbonyl (C=O) groups is 2. The Balaban J connectivity index is 1.70. The zero-order valence-electron chi connectivity index (χ0n) is 14.4. The Labute approximate surface area is 148 Å². The normalized spacial score (nSPS) is 15.3. The summed E-state index contributed by atoms with van der Waals surface area (Å²) in [5, 5.41) is 6.76. The number of nitrogens with zero attached hydrogens (tertiary/aromatic N) is 2. The molecule has 1 aliphatic heterocycles. The highest BCUT2D eigenvalue weighted by Crippen LogP contribution is 2.26. The van der Waals surface area contributed by atoms with Crippen LogP contribution < -0.4 is 0 Å². The van der Waals surface area contributed by atoms with E-state index >= 15 is 0 Å². The Morgan fingerprint density at radius 3 is 2.19 bits per heavy atom. The first-order valence-electron chi connectivity index (χ1n) is 8.29. The smallest absolute Gasteiger partial charge is 0.274 e. The third-order valence-electron chi connectivity index (χ3n) is 4.86. The molecule has 0 atom stereocenters. The lowest BCUT2D eigenvalue weighted by atomic mass is 9.88. The van der Waals surface area contributed by atoms with E-state index in [-0.39, 0.29) is 31.8 Å². The van der Waals surface area contributed by atoms with Crippen LogP contribution in [0.15, 0.2) is 12.1 Å². The number of halogens is 3. The van der Waals surface area contributed by atoms with Crippen molar-refractivity contribution in [2.75, 3.05) is 13.1 Å². The van der Waals surface area contributed by atoms with Gasteiger partial charge in [-0.3, -0.25) is 14.7 Å². The van der Waals surface area contributed by atoms with Crippen molar-refractivity contribution < 1.29 is 22.8 Å². The molecule has 26 heavy (non-hydrogen) atoms. The second kappa shape index (κ2) is 6.93. The first-order valence-corrected chi connectivity index (χ1v) is 8.29. The molecule has 1 amide bonds. The third-order valence-corrected chi connectivity index (χ3v) is 4.86. The maximum atomic E-state index is 13.8. The molecule has 8 heteroatoms. The molecule has 0 bridgehead atoms. The molecule has 0 aliphatic carbocycles. The molecule has 1 aromatic heterocycles. The Hall–Kier alpha value is -2.64. The number of ketones is 1. The molecule has 1 aromatic carbocycles. The van der Waals surface area contributed by atoms with Crippen molar-refractivity contribution in [3.63, 3.8) is 0 Å². The van der Waals surface area contributed by atoms with Gasteiger partial charge in [-0.2, -0.15) is 5.10 Å². The second-order valence-corrected chi connectivity index (χ2v) is 6.50. The van der Waals surface area contributed by atoms with Crippen LogP contribution in [-0.2, 0) is 0 Å². The van der Waals surface area contributed by atoms with E-state index in [1.54, 1.807) is 11.8 Å². The summed E-state index contributed by atoms with van der Waals surface area (Å²) in [4.78, 5) is 26.5. The van der Waals surface area contributed by atoms with Crippen LogP contribution in [0.5, 0.6) is 0 Å². The van der Waals surface area contributed by atoms with Crippen molar-refractivity contribution in [3.8, 4) is 0 Å². The van der Waals surface area contributed by atoms with E-state index in [1.165, 1.54) is 0 Å². The maximum absolute atomic E-state index is 13.8. The number of aromatic amines is 1. The van der Waals surface area contributed by atoms with E-state index in [9.17, 15) is 22.8 Å². The van der Waals surface area contributed by atoms with Gasteiger partial charge < -0.3 is 4.90 Å². The minimum atomic E-state index is -1.20. The van der Waals surface area contributed by atoms with Gasteiger partial charge in [-0.15, -0.1) is 0 Å². The van der Waals surface area contributed by atoms with E-state index < -0.39 is 34.7 Å². The van der Waals surface area contributed by atoms with E-state index in [1.807, 2.05) is 6.92 Å². The molecular formula is C18H18F3N3O2. The van der Waals surface area contributed by atoms with Crippen molar-refractivity contribution in [2.45, 2.75) is 26.7 Å². The summed E-state index contributed by atoms with van der Waals surface area (Å²) in [6.45, 7) is 4.17. The van der Waals surface area contributed by atoms with Crippen LogP contribution in [0.4, 0.5) is 13.2 Å². The van der Waals surface area contributed by atoms with Crippen LogP contribution in [0.3, 0.4) is 0 Å². The Morgan fingerprint density at radius 2 is 1.69 bits per heavy atom. The molecule has 2 heterocycles. The molecule has 0 saturated carbocycles. The Morgan fingerprint density at radius 1 is 1.12 bits per heavy atom. The lowest BCUT2D eigenvalue weighted by Gasteiger charge is -2.31. The van der Waals surface area contributed by atoms with Gasteiger partial charge in [0.15, 0.2) is 11.5 Å². The van der Waals surface area contributed by atoms with Gasteiger partial charge in [0.05, 0.1) is 5.56 Å². The van der Waals surface area contributed by atoms with Crippen molar-refractivity contribution in [3.05, 3.63) is 52.1 Å². The minimum Gasteiger partial charge on any atom is -0.337 e. The number of nitrogens with one attached hydrogen (secondary N) is 1. The Kier molecular flexibility index (Phi) is 4.84. The standard InChI is InChI=1S/C18H18F3N3O2/c1-9-10(2)22-23-16(9)18(26)24-5-3-11(4-6-24)17(25)15-13(20)7-12(19)8-14(15)21/h7-8,11H,3-6H2,1-2H3,(H,22,23). The van der Waals surface area contributed by atoms with Crippen LogP contribution in [0.1, 0.15) is 44.9 Å². The fraction of sp³-hybridized carbons (Fsp3) is 0.389. The van der Waals surface area contributed by atoms with Gasteiger partial charge >= 0.3 is 0 Å². The molecule has 0 spiro atoms. The fourth-order valence-electron chi connectivity index (χ4n) is 3.17. The van der Waals surface area contributed by atoms with Crippen LogP contribution in [0, 0.1) is 37.2 Å². The van der Waals surface area contributed by atoms with Gasteiger partial charge in [-0.05, 0) is 26.7 Å². The molecule has 1 fully saturated rings. The van der Waals surface area contributed by atoms with Crippen molar-refractivity contribution in [1.29, 1.82) is 0 Å². The van der Waals surface area contributed by atoms with E-state index in [2.05, 4.69) is 10.2 Å². The van der Waals surface area contributed by atoms with Crippen LogP contribution in [-0.4, -0.2) is 39.9 Å². The topological polar surface area (TPSA) is 66.1 Å². The highest BCUT2D eigenvalue weighted by atomic mass is 19.1. The van der Waals surface area contributed by atoms with Gasteiger partial charge in [0.2, 0.25) is 0 Å². The minimum absolute atomic E-state index is 0.239. The number of carbonyl (C=O) groups excluding carboxylic acids is 2. The summed E-state index contributed by atoms with van der Waals surface area (Å²) in [6, 6.07) is 0.995. The predicted octanol–water partition coefficient (Wildman–Crippen LogP) is 3.18. The highest BCUT2D eigenvalue weighted by molar-refractivity contribution is 5.99. The quantitative estimate of drug-likeness (QED) is 0.850. The number of amides is 1. The van der Waals surface area contributed by atoms with Gasteiger partial charge in [0.1, 0.15) is 17.5 Å². The molecule has 2 aromatic rings. The summed E-state index contributed by atoms with van der Waals surface area (Å²) in [5.74, 6) is -5.02. The zero-order chi connectivity index (χ0) is 19.0. The highest BCUT2D eigenvalue weighted by Gasteiger charge is 2.32. The SMILES string of the molecule is Cc1[nH]nc(C(=O)N2CCC(C(=O)c3c(F)cc(F)cc3F)CC2)c1C. The lowest BCUT2D eigenvalue weighted by Crippen LogP contribution is -2.41. The van der Waals surface area contributed by atoms with Crippen molar-refractivity contribution in [1.82, 2.24) is 15.1 Å². The lowest BCUT2D eigenvalue weighted by molar-refractivity contribution is 0.0642. The predicted molar refractivity (Wildman–Crippen MR) is 87.3 cm³/mol.